The summed E-state index contributed by atoms with van der Waals surface area (Å²) >= 11 is 5.83. The summed E-state index contributed by atoms with van der Waals surface area (Å²) in [5.74, 6) is -0.586. The molecular weight excluding hydrogens is 256 g/mol. The van der Waals surface area contributed by atoms with Gasteiger partial charge in [-0.2, -0.15) is 4.99 Å². The molecule has 0 atom stereocenters. The number of benzene rings is 1. The lowest BCUT2D eigenvalue weighted by atomic mass is 10.2. The van der Waals surface area contributed by atoms with Crippen molar-refractivity contribution in [1.29, 1.82) is 0 Å². The van der Waals surface area contributed by atoms with Crippen LogP contribution < -0.4 is 22.5 Å². The van der Waals surface area contributed by atoms with Crippen LogP contribution in [0, 0.1) is 0 Å². The Morgan fingerprint density at radius 3 is 2.56 bits per heavy atom. The average molecular weight is 269 g/mol. The molecule has 0 saturated heterocycles. The summed E-state index contributed by atoms with van der Waals surface area (Å²) in [6, 6.07) is 4.75. The third-order valence-corrected chi connectivity index (χ3v) is 1.98. The van der Waals surface area contributed by atoms with Crippen molar-refractivity contribution in [2.45, 2.75) is 6.92 Å². The second kappa shape index (κ2) is 5.87. The monoisotopic (exact) mass is 268 g/mol. The number of carbonyl (C=O) groups is 1. The Morgan fingerprint density at radius 1 is 1.33 bits per heavy atom. The van der Waals surface area contributed by atoms with Crippen LogP contribution in [0.25, 0.3) is 0 Å². The Bertz CT molecular complexity index is 521. The number of nitrogens with zero attached hydrogens (tertiary/aromatic N) is 2. The minimum Gasteiger partial charge on any atom is -0.370 e. The molecule has 0 aliphatic heterocycles. The van der Waals surface area contributed by atoms with E-state index in [1.807, 2.05) is 0 Å². The number of halogens is 1. The molecule has 96 valence electrons. The molecule has 18 heavy (non-hydrogen) atoms. The number of guanidine groups is 2. The van der Waals surface area contributed by atoms with Crippen molar-refractivity contribution in [3.8, 4) is 0 Å². The average Bonchev–Trinajstić information content (AvgIpc) is 2.20. The molecule has 1 rings (SSSR count). The fourth-order valence-corrected chi connectivity index (χ4v) is 1.34. The van der Waals surface area contributed by atoms with Crippen molar-refractivity contribution in [1.82, 2.24) is 0 Å². The van der Waals surface area contributed by atoms with Crippen molar-refractivity contribution in [3.05, 3.63) is 23.2 Å². The second-order valence-corrected chi connectivity index (χ2v) is 3.79. The number of amides is 1. The van der Waals surface area contributed by atoms with E-state index in [9.17, 15) is 4.79 Å². The minimum absolute atomic E-state index is 0.135. The summed E-state index contributed by atoms with van der Waals surface area (Å²) in [6.45, 7) is 1.38. The number of anilines is 1. The normalized spacial score (nSPS) is 10.9. The van der Waals surface area contributed by atoms with Gasteiger partial charge in [-0.25, -0.2) is 4.99 Å². The lowest BCUT2D eigenvalue weighted by Crippen LogP contribution is -2.26. The SMILES string of the molecule is CC(=O)Nc1ccc(Cl)cc1N=C(N)N=C(N)N. The largest absolute Gasteiger partial charge is 0.370 e. The first-order valence-electron chi connectivity index (χ1n) is 4.89. The van der Waals surface area contributed by atoms with Gasteiger partial charge in [0.1, 0.15) is 0 Å². The molecule has 0 saturated carbocycles. The van der Waals surface area contributed by atoms with E-state index < -0.39 is 0 Å². The zero-order valence-corrected chi connectivity index (χ0v) is 10.4. The summed E-state index contributed by atoms with van der Waals surface area (Å²) in [4.78, 5) is 18.6. The first-order chi connectivity index (χ1) is 8.38. The molecule has 0 heterocycles. The highest BCUT2D eigenvalue weighted by Gasteiger charge is 2.05. The minimum atomic E-state index is -0.241. The third-order valence-electron chi connectivity index (χ3n) is 1.75. The van der Waals surface area contributed by atoms with E-state index in [-0.39, 0.29) is 17.8 Å². The highest BCUT2D eigenvalue weighted by atomic mass is 35.5. The van der Waals surface area contributed by atoms with Crippen LogP contribution in [0.15, 0.2) is 28.2 Å². The molecule has 0 radical (unpaired) electrons. The van der Waals surface area contributed by atoms with Gasteiger partial charge in [-0.15, -0.1) is 0 Å². The molecule has 1 aromatic rings. The van der Waals surface area contributed by atoms with Gasteiger partial charge >= 0.3 is 0 Å². The maximum absolute atomic E-state index is 11.0. The van der Waals surface area contributed by atoms with E-state index in [0.29, 0.717) is 16.4 Å². The maximum atomic E-state index is 11.0. The molecule has 7 nitrogen and oxygen atoms in total. The van der Waals surface area contributed by atoms with E-state index in [1.165, 1.54) is 13.0 Å². The molecule has 7 N–H and O–H groups in total. The standard InChI is InChI=1S/C10H13ClN6O/c1-5(18)15-7-3-2-6(11)4-8(7)16-10(14)17-9(12)13/h2-4H,1H3,(H,15,18)(H6,12,13,14,16,17). The van der Waals surface area contributed by atoms with Crippen molar-refractivity contribution >= 4 is 40.8 Å². The van der Waals surface area contributed by atoms with E-state index in [2.05, 4.69) is 15.3 Å². The van der Waals surface area contributed by atoms with E-state index >= 15 is 0 Å². The van der Waals surface area contributed by atoms with E-state index in [4.69, 9.17) is 28.8 Å². The van der Waals surface area contributed by atoms with Crippen molar-refractivity contribution in [2.75, 3.05) is 5.32 Å². The van der Waals surface area contributed by atoms with Crippen LogP contribution in [0.2, 0.25) is 5.02 Å². The molecule has 0 aromatic heterocycles. The molecule has 0 aliphatic rings. The molecule has 0 bridgehead atoms. The summed E-state index contributed by atoms with van der Waals surface area (Å²) in [5.41, 5.74) is 16.7. The fourth-order valence-electron chi connectivity index (χ4n) is 1.17. The van der Waals surface area contributed by atoms with Gasteiger partial charge in [0.2, 0.25) is 11.9 Å². The van der Waals surface area contributed by atoms with Gasteiger partial charge < -0.3 is 22.5 Å². The van der Waals surface area contributed by atoms with Crippen molar-refractivity contribution in [3.63, 3.8) is 0 Å². The van der Waals surface area contributed by atoms with Crippen LogP contribution in [0.1, 0.15) is 6.92 Å². The highest BCUT2D eigenvalue weighted by molar-refractivity contribution is 6.31. The van der Waals surface area contributed by atoms with Crippen LogP contribution in [-0.2, 0) is 4.79 Å². The Hall–Kier alpha value is -2.28. The van der Waals surface area contributed by atoms with Crippen LogP contribution in [-0.4, -0.2) is 17.8 Å². The molecule has 0 aliphatic carbocycles. The van der Waals surface area contributed by atoms with Gasteiger partial charge in [0.25, 0.3) is 0 Å². The number of aliphatic imine (C=N–C) groups is 2. The second-order valence-electron chi connectivity index (χ2n) is 3.35. The Labute approximate surface area is 109 Å². The lowest BCUT2D eigenvalue weighted by molar-refractivity contribution is -0.114. The number of nitrogens with two attached hydrogens (primary N) is 3. The van der Waals surface area contributed by atoms with Gasteiger partial charge in [-0.05, 0) is 18.2 Å². The summed E-state index contributed by atoms with van der Waals surface area (Å²) in [7, 11) is 0. The smallest absolute Gasteiger partial charge is 0.223 e. The number of nitrogens with one attached hydrogen (secondary N) is 1. The maximum Gasteiger partial charge on any atom is 0.223 e. The predicted molar refractivity (Wildman–Crippen MR) is 72.8 cm³/mol. The van der Waals surface area contributed by atoms with Crippen LogP contribution >= 0.6 is 11.6 Å². The van der Waals surface area contributed by atoms with Crippen LogP contribution in [0.5, 0.6) is 0 Å². The number of hydrogen-bond acceptors (Lipinski definition) is 2. The van der Waals surface area contributed by atoms with Crippen molar-refractivity contribution < 1.29 is 4.79 Å². The van der Waals surface area contributed by atoms with Gasteiger partial charge in [0.15, 0.2) is 5.96 Å². The van der Waals surface area contributed by atoms with Gasteiger partial charge in [0, 0.05) is 11.9 Å². The highest BCUT2D eigenvalue weighted by Crippen LogP contribution is 2.28. The van der Waals surface area contributed by atoms with E-state index in [0.717, 1.165) is 0 Å². The number of carbonyl (C=O) groups excluding carboxylic acids is 1. The zero-order valence-electron chi connectivity index (χ0n) is 9.64. The fraction of sp³-hybridized carbons (Fsp3) is 0.100. The topological polar surface area (TPSA) is 132 Å². The first-order valence-corrected chi connectivity index (χ1v) is 5.27. The van der Waals surface area contributed by atoms with E-state index in [1.54, 1.807) is 12.1 Å². The van der Waals surface area contributed by atoms with Gasteiger partial charge in [-0.1, -0.05) is 11.6 Å². The number of hydrogen-bond donors (Lipinski definition) is 4. The molecule has 1 amide bonds. The molecule has 0 unspecified atom stereocenters. The van der Waals surface area contributed by atoms with Crippen LogP contribution in [0.4, 0.5) is 11.4 Å². The van der Waals surface area contributed by atoms with Gasteiger partial charge in [0.05, 0.1) is 11.4 Å². The third kappa shape index (κ3) is 4.30. The summed E-state index contributed by atoms with van der Waals surface area (Å²) in [5, 5.41) is 3.03. The first kappa shape index (κ1) is 13.8. The van der Waals surface area contributed by atoms with Crippen molar-refractivity contribution in [2.24, 2.45) is 27.2 Å². The van der Waals surface area contributed by atoms with Gasteiger partial charge in [-0.3, -0.25) is 4.79 Å². The molecular formula is C10H13ClN6O. The lowest BCUT2D eigenvalue weighted by Gasteiger charge is -2.06. The Balaban J connectivity index is 3.17. The summed E-state index contributed by atoms with van der Waals surface area (Å²) < 4.78 is 0. The zero-order chi connectivity index (χ0) is 13.7. The summed E-state index contributed by atoms with van der Waals surface area (Å²) in [6.07, 6.45) is 0. The molecule has 1 aromatic carbocycles. The quantitative estimate of drug-likeness (QED) is 0.460. The Kier molecular flexibility index (Phi) is 4.50. The predicted octanol–water partition coefficient (Wildman–Crippen LogP) is 0.518. The molecule has 0 fully saturated rings. The number of rotatable bonds is 2. The Morgan fingerprint density at radius 2 is 2.00 bits per heavy atom. The van der Waals surface area contributed by atoms with Crippen LogP contribution in [0.3, 0.4) is 0 Å². The molecule has 8 heteroatoms. The molecule has 0 spiro atoms.